The number of Topliss-reactive ketones (excluding diaryl/α,β-unsaturated/α-hetero) is 1. The number of benzene rings is 2. The molecule has 200 valence electrons. The molecular formula is C31H33N5O3. The Bertz CT molecular complexity index is 1540. The van der Waals surface area contributed by atoms with Gasteiger partial charge in [0.25, 0.3) is 5.91 Å². The number of carbonyl (C=O) groups is 2. The predicted molar refractivity (Wildman–Crippen MR) is 151 cm³/mol. The number of methoxy groups -OCH3 is 1. The second-order valence-electron chi connectivity index (χ2n) is 10.9. The number of fused-ring (bicyclic) bond motifs is 2. The summed E-state index contributed by atoms with van der Waals surface area (Å²) in [7, 11) is 5.19. The molecule has 0 unspecified atom stereocenters. The standard InChI is InChI=1S/C31H33N5O3/c1-35(2)31(38)21-8-6-20(7-9-21)25-15-32-30-29(25)34-27(16-33-30)23-13-22-10-11-36(17-24(37)12-19-4-5-19)18-26(22)28(14-23)39-3/h6-9,13-16,19H,4-5,10-12,17-18H2,1-3H3,(H,32,33). The molecule has 0 radical (unpaired) electrons. The first-order valence-corrected chi connectivity index (χ1v) is 13.5. The Morgan fingerprint density at radius 3 is 2.64 bits per heavy atom. The number of H-pyrrole nitrogens is 1. The Morgan fingerprint density at radius 1 is 1.13 bits per heavy atom. The number of amides is 1. The van der Waals surface area contributed by atoms with Crippen LogP contribution in [0.15, 0.2) is 48.8 Å². The van der Waals surface area contributed by atoms with Gasteiger partial charge in [0.1, 0.15) is 17.0 Å². The van der Waals surface area contributed by atoms with Gasteiger partial charge in [-0.15, -0.1) is 0 Å². The van der Waals surface area contributed by atoms with E-state index in [1.165, 1.54) is 18.4 Å². The maximum atomic E-state index is 12.4. The molecule has 2 aromatic carbocycles. The molecule has 3 heterocycles. The normalized spacial score (nSPS) is 15.3. The zero-order valence-electron chi connectivity index (χ0n) is 22.7. The molecular weight excluding hydrogens is 490 g/mol. The van der Waals surface area contributed by atoms with Crippen LogP contribution in [-0.2, 0) is 17.8 Å². The van der Waals surface area contributed by atoms with Crippen LogP contribution in [0.1, 0.15) is 40.7 Å². The van der Waals surface area contributed by atoms with Crippen LogP contribution >= 0.6 is 0 Å². The minimum Gasteiger partial charge on any atom is -0.496 e. The third-order valence-corrected chi connectivity index (χ3v) is 7.74. The van der Waals surface area contributed by atoms with Crippen molar-refractivity contribution in [3.05, 3.63) is 65.5 Å². The van der Waals surface area contributed by atoms with Gasteiger partial charge < -0.3 is 14.6 Å². The van der Waals surface area contributed by atoms with Gasteiger partial charge >= 0.3 is 0 Å². The molecule has 1 N–H and O–H groups in total. The third kappa shape index (κ3) is 5.16. The average molecular weight is 524 g/mol. The maximum absolute atomic E-state index is 12.4. The van der Waals surface area contributed by atoms with Crippen LogP contribution < -0.4 is 4.74 Å². The van der Waals surface area contributed by atoms with Crippen LogP contribution in [0.25, 0.3) is 33.5 Å². The molecule has 1 amide bonds. The molecule has 4 aromatic rings. The predicted octanol–water partition coefficient (Wildman–Crippen LogP) is 4.73. The second kappa shape index (κ2) is 10.3. The first-order chi connectivity index (χ1) is 18.9. The fraction of sp³-hybridized carbons (Fsp3) is 0.355. The van der Waals surface area contributed by atoms with E-state index in [4.69, 9.17) is 9.72 Å². The number of aromatic amines is 1. The van der Waals surface area contributed by atoms with Gasteiger partial charge in [0.05, 0.1) is 25.5 Å². The number of ketones is 1. The van der Waals surface area contributed by atoms with Crippen LogP contribution in [-0.4, -0.2) is 70.7 Å². The van der Waals surface area contributed by atoms with Crippen LogP contribution in [0.2, 0.25) is 0 Å². The number of aromatic nitrogens is 3. The summed E-state index contributed by atoms with van der Waals surface area (Å²) in [5.74, 6) is 1.76. The smallest absolute Gasteiger partial charge is 0.253 e. The maximum Gasteiger partial charge on any atom is 0.253 e. The number of rotatable bonds is 8. The van der Waals surface area contributed by atoms with E-state index in [0.29, 0.717) is 36.0 Å². The lowest BCUT2D eigenvalue weighted by atomic mass is 9.94. The Kier molecular flexibility index (Phi) is 6.64. The van der Waals surface area contributed by atoms with E-state index in [2.05, 4.69) is 20.9 Å². The molecule has 8 heteroatoms. The highest BCUT2D eigenvalue weighted by Crippen LogP contribution is 2.36. The summed E-state index contributed by atoms with van der Waals surface area (Å²) in [5.41, 5.74) is 8.12. The summed E-state index contributed by atoms with van der Waals surface area (Å²) < 4.78 is 5.82. The number of hydrogen-bond acceptors (Lipinski definition) is 6. The fourth-order valence-corrected chi connectivity index (χ4v) is 5.41. The third-order valence-electron chi connectivity index (χ3n) is 7.74. The molecule has 0 bridgehead atoms. The van der Waals surface area contributed by atoms with Crippen molar-refractivity contribution < 1.29 is 14.3 Å². The number of hydrogen-bond donors (Lipinski definition) is 1. The van der Waals surface area contributed by atoms with E-state index in [1.807, 2.05) is 36.5 Å². The van der Waals surface area contributed by atoms with Crippen molar-refractivity contribution in [2.45, 2.75) is 32.2 Å². The van der Waals surface area contributed by atoms with E-state index >= 15 is 0 Å². The lowest BCUT2D eigenvalue weighted by Gasteiger charge is -2.29. The van der Waals surface area contributed by atoms with Crippen molar-refractivity contribution in [2.75, 3.05) is 34.3 Å². The average Bonchev–Trinajstić information content (AvgIpc) is 3.66. The largest absolute Gasteiger partial charge is 0.496 e. The van der Waals surface area contributed by atoms with Crippen LogP contribution in [0.5, 0.6) is 5.75 Å². The van der Waals surface area contributed by atoms with E-state index in [0.717, 1.165) is 58.6 Å². The van der Waals surface area contributed by atoms with Gasteiger partial charge in [-0.1, -0.05) is 12.1 Å². The summed E-state index contributed by atoms with van der Waals surface area (Å²) in [5, 5.41) is 0. The van der Waals surface area contributed by atoms with E-state index < -0.39 is 0 Å². The van der Waals surface area contributed by atoms with Crippen LogP contribution in [0.3, 0.4) is 0 Å². The van der Waals surface area contributed by atoms with Crippen LogP contribution in [0.4, 0.5) is 0 Å². The second-order valence-corrected chi connectivity index (χ2v) is 10.9. The molecule has 6 rings (SSSR count). The quantitative estimate of drug-likeness (QED) is 0.359. The van der Waals surface area contributed by atoms with Crippen molar-refractivity contribution in [3.63, 3.8) is 0 Å². The summed E-state index contributed by atoms with van der Waals surface area (Å²) in [6.07, 6.45) is 7.68. The van der Waals surface area contributed by atoms with Gasteiger partial charge in [-0.05, 0) is 60.6 Å². The van der Waals surface area contributed by atoms with Gasteiger partial charge in [0.15, 0.2) is 5.65 Å². The summed E-state index contributed by atoms with van der Waals surface area (Å²) in [6.45, 7) is 2.09. The molecule has 8 nitrogen and oxygen atoms in total. The van der Waals surface area contributed by atoms with Crippen molar-refractivity contribution in [2.24, 2.45) is 5.92 Å². The highest BCUT2D eigenvalue weighted by Gasteiger charge is 2.27. The number of carbonyl (C=O) groups excluding carboxylic acids is 2. The van der Waals surface area contributed by atoms with Gasteiger partial charge in [-0.3, -0.25) is 14.5 Å². The first-order valence-electron chi connectivity index (χ1n) is 13.5. The zero-order valence-corrected chi connectivity index (χ0v) is 22.7. The summed E-state index contributed by atoms with van der Waals surface area (Å²) in [6, 6.07) is 11.8. The minimum absolute atomic E-state index is 0.0307. The number of ether oxygens (including phenoxy) is 1. The molecule has 0 saturated heterocycles. The van der Waals surface area contributed by atoms with E-state index in [1.54, 1.807) is 32.3 Å². The summed E-state index contributed by atoms with van der Waals surface area (Å²) >= 11 is 0. The Labute approximate surface area is 228 Å². The molecule has 1 fully saturated rings. The first kappa shape index (κ1) is 25.2. The Balaban J connectivity index is 1.28. The molecule has 1 aliphatic carbocycles. The van der Waals surface area contributed by atoms with Crippen molar-refractivity contribution in [1.82, 2.24) is 24.8 Å². The monoisotopic (exact) mass is 523 g/mol. The highest BCUT2D eigenvalue weighted by molar-refractivity contribution is 5.96. The van der Waals surface area contributed by atoms with E-state index in [-0.39, 0.29) is 5.91 Å². The zero-order chi connectivity index (χ0) is 27.1. The SMILES string of the molecule is COc1cc(-c2cnc3[nH]cc(-c4ccc(C(=O)N(C)C)cc4)c3n2)cc2c1CN(CC(=O)CC1CC1)CC2. The molecule has 1 saturated carbocycles. The Morgan fingerprint density at radius 2 is 1.92 bits per heavy atom. The number of nitrogens with one attached hydrogen (secondary N) is 1. The van der Waals surface area contributed by atoms with E-state index in [9.17, 15) is 9.59 Å². The van der Waals surface area contributed by atoms with Gasteiger partial charge in [0, 0.05) is 62.1 Å². The molecule has 0 spiro atoms. The minimum atomic E-state index is -0.0307. The van der Waals surface area contributed by atoms with Crippen molar-refractivity contribution in [3.8, 4) is 28.1 Å². The number of nitrogens with zero attached hydrogens (tertiary/aromatic N) is 4. The van der Waals surface area contributed by atoms with Gasteiger partial charge in [-0.2, -0.15) is 0 Å². The highest BCUT2D eigenvalue weighted by atomic mass is 16.5. The molecule has 39 heavy (non-hydrogen) atoms. The Hall–Kier alpha value is -4.04. The van der Waals surface area contributed by atoms with Crippen LogP contribution in [0, 0.1) is 5.92 Å². The molecule has 1 aliphatic heterocycles. The molecule has 0 atom stereocenters. The topological polar surface area (TPSA) is 91.4 Å². The molecule has 2 aliphatic rings. The summed E-state index contributed by atoms with van der Waals surface area (Å²) in [4.78, 5) is 41.4. The lowest BCUT2D eigenvalue weighted by molar-refractivity contribution is -0.120. The van der Waals surface area contributed by atoms with Crippen molar-refractivity contribution in [1.29, 1.82) is 0 Å². The fourth-order valence-electron chi connectivity index (χ4n) is 5.41. The van der Waals surface area contributed by atoms with Gasteiger partial charge in [0.2, 0.25) is 0 Å². The van der Waals surface area contributed by atoms with Gasteiger partial charge in [-0.25, -0.2) is 9.97 Å². The van der Waals surface area contributed by atoms with Crippen molar-refractivity contribution >= 4 is 22.9 Å². The molecule has 2 aromatic heterocycles. The lowest BCUT2D eigenvalue weighted by Crippen LogP contribution is -2.35.